The number of fused-ring (bicyclic) bond motifs is 1. The van der Waals surface area contributed by atoms with Crippen LogP contribution in [0.2, 0.25) is 10.0 Å². The number of nitrogens with one attached hydrogen (secondary N) is 1. The van der Waals surface area contributed by atoms with E-state index in [-0.39, 0.29) is 5.91 Å². The second-order valence-corrected chi connectivity index (χ2v) is 5.51. The third kappa shape index (κ3) is 2.21. The van der Waals surface area contributed by atoms with E-state index in [1.165, 1.54) is 0 Å². The van der Waals surface area contributed by atoms with E-state index in [0.29, 0.717) is 21.2 Å². The molecule has 0 spiro atoms. The standard InChI is InChI=1S/C16H11Cl2NO/c1-9-5-6-15-10(7-9)11(16(20)19-15)8-12-13(17)3-2-4-14(12)18/h2-8H,1H3,(H,19,20). The van der Waals surface area contributed by atoms with Crippen LogP contribution >= 0.6 is 23.2 Å². The van der Waals surface area contributed by atoms with E-state index in [4.69, 9.17) is 23.2 Å². The Morgan fingerprint density at radius 2 is 1.80 bits per heavy atom. The Morgan fingerprint density at radius 3 is 2.50 bits per heavy atom. The minimum absolute atomic E-state index is 0.137. The maximum atomic E-state index is 12.1. The molecular weight excluding hydrogens is 293 g/mol. The molecule has 1 aliphatic heterocycles. The van der Waals surface area contributed by atoms with Crippen molar-refractivity contribution in [3.05, 3.63) is 63.1 Å². The largest absolute Gasteiger partial charge is 0.321 e. The molecule has 20 heavy (non-hydrogen) atoms. The first-order valence-corrected chi connectivity index (χ1v) is 6.90. The smallest absolute Gasteiger partial charge is 0.256 e. The van der Waals surface area contributed by atoms with E-state index in [2.05, 4.69) is 5.32 Å². The highest BCUT2D eigenvalue weighted by atomic mass is 35.5. The molecule has 100 valence electrons. The fourth-order valence-corrected chi connectivity index (χ4v) is 2.74. The van der Waals surface area contributed by atoms with Gasteiger partial charge in [0, 0.05) is 32.4 Å². The normalized spacial score (nSPS) is 15.3. The SMILES string of the molecule is Cc1ccc2c(c1)C(=Cc1c(Cl)cccc1Cl)C(=O)N2. The number of benzene rings is 2. The highest BCUT2D eigenvalue weighted by Crippen LogP contribution is 2.36. The highest BCUT2D eigenvalue weighted by Gasteiger charge is 2.24. The van der Waals surface area contributed by atoms with Crippen LogP contribution in [0.3, 0.4) is 0 Å². The number of hydrogen-bond donors (Lipinski definition) is 1. The van der Waals surface area contributed by atoms with Crippen molar-refractivity contribution < 1.29 is 4.79 Å². The number of rotatable bonds is 1. The lowest BCUT2D eigenvalue weighted by molar-refractivity contribution is -0.110. The third-order valence-electron chi connectivity index (χ3n) is 3.25. The molecule has 0 saturated carbocycles. The van der Waals surface area contributed by atoms with Crippen molar-refractivity contribution in [1.29, 1.82) is 0 Å². The molecule has 1 N–H and O–H groups in total. The second-order valence-electron chi connectivity index (χ2n) is 4.70. The van der Waals surface area contributed by atoms with Crippen molar-refractivity contribution in [3.63, 3.8) is 0 Å². The minimum Gasteiger partial charge on any atom is -0.321 e. The monoisotopic (exact) mass is 303 g/mol. The van der Waals surface area contributed by atoms with Crippen LogP contribution in [-0.4, -0.2) is 5.91 Å². The number of carbonyl (C=O) groups is 1. The predicted octanol–water partition coefficient (Wildman–Crippen LogP) is 4.79. The third-order valence-corrected chi connectivity index (χ3v) is 3.91. The zero-order chi connectivity index (χ0) is 14.3. The van der Waals surface area contributed by atoms with E-state index in [1.807, 2.05) is 25.1 Å². The van der Waals surface area contributed by atoms with Gasteiger partial charge in [-0.05, 0) is 37.3 Å². The zero-order valence-corrected chi connectivity index (χ0v) is 12.2. The van der Waals surface area contributed by atoms with Crippen molar-refractivity contribution in [2.75, 3.05) is 5.32 Å². The van der Waals surface area contributed by atoms with Gasteiger partial charge in [-0.1, -0.05) is 40.9 Å². The summed E-state index contributed by atoms with van der Waals surface area (Å²) in [7, 11) is 0. The lowest BCUT2D eigenvalue weighted by Gasteiger charge is -2.04. The maximum Gasteiger partial charge on any atom is 0.256 e. The molecule has 1 aliphatic rings. The van der Waals surface area contributed by atoms with Crippen molar-refractivity contribution in [2.45, 2.75) is 6.92 Å². The van der Waals surface area contributed by atoms with E-state index >= 15 is 0 Å². The topological polar surface area (TPSA) is 29.1 Å². The molecule has 2 aromatic carbocycles. The fraction of sp³-hybridized carbons (Fsp3) is 0.0625. The van der Waals surface area contributed by atoms with Gasteiger partial charge >= 0.3 is 0 Å². The molecule has 0 aliphatic carbocycles. The van der Waals surface area contributed by atoms with Crippen molar-refractivity contribution in [2.24, 2.45) is 0 Å². The fourth-order valence-electron chi connectivity index (χ4n) is 2.24. The van der Waals surface area contributed by atoms with E-state index < -0.39 is 0 Å². The summed E-state index contributed by atoms with van der Waals surface area (Å²) in [5, 5.41) is 3.89. The number of halogens is 2. The number of anilines is 1. The molecule has 0 unspecified atom stereocenters. The molecule has 0 fully saturated rings. The molecule has 0 bridgehead atoms. The van der Waals surface area contributed by atoms with Crippen LogP contribution in [0.25, 0.3) is 11.6 Å². The molecule has 0 radical (unpaired) electrons. The molecule has 2 aromatic rings. The molecular formula is C16H11Cl2NO. The van der Waals surface area contributed by atoms with Crippen molar-refractivity contribution in [1.82, 2.24) is 0 Å². The second kappa shape index (κ2) is 4.97. The molecule has 3 rings (SSSR count). The van der Waals surface area contributed by atoms with Gasteiger partial charge in [-0.2, -0.15) is 0 Å². The Morgan fingerprint density at radius 1 is 1.10 bits per heavy atom. The van der Waals surface area contributed by atoms with Gasteiger partial charge in [0.1, 0.15) is 0 Å². The first-order chi connectivity index (χ1) is 9.56. The van der Waals surface area contributed by atoms with Gasteiger partial charge < -0.3 is 5.32 Å². The molecule has 0 aromatic heterocycles. The first kappa shape index (κ1) is 13.2. The van der Waals surface area contributed by atoms with Crippen LogP contribution in [-0.2, 0) is 4.79 Å². The summed E-state index contributed by atoms with van der Waals surface area (Å²) < 4.78 is 0. The highest BCUT2D eigenvalue weighted by molar-refractivity contribution is 6.40. The van der Waals surface area contributed by atoms with E-state index in [1.54, 1.807) is 24.3 Å². The quantitative estimate of drug-likeness (QED) is 0.754. The van der Waals surface area contributed by atoms with Gasteiger partial charge in [-0.15, -0.1) is 0 Å². The number of hydrogen-bond acceptors (Lipinski definition) is 1. The lowest BCUT2D eigenvalue weighted by Crippen LogP contribution is -2.03. The van der Waals surface area contributed by atoms with Gasteiger partial charge in [0.25, 0.3) is 5.91 Å². The number of carbonyl (C=O) groups excluding carboxylic acids is 1. The first-order valence-electron chi connectivity index (χ1n) is 6.14. The summed E-state index contributed by atoms with van der Waals surface area (Å²) in [6.07, 6.45) is 1.74. The number of aryl methyl sites for hydroxylation is 1. The van der Waals surface area contributed by atoms with Crippen LogP contribution in [0, 0.1) is 6.92 Å². The average Bonchev–Trinajstić information content (AvgIpc) is 2.70. The van der Waals surface area contributed by atoms with E-state index in [0.717, 1.165) is 16.8 Å². The van der Waals surface area contributed by atoms with Gasteiger partial charge in [-0.3, -0.25) is 4.79 Å². The Kier molecular flexibility index (Phi) is 3.28. The summed E-state index contributed by atoms with van der Waals surface area (Å²) >= 11 is 12.3. The van der Waals surface area contributed by atoms with Crippen molar-refractivity contribution >= 4 is 46.4 Å². The summed E-state index contributed by atoms with van der Waals surface area (Å²) in [5.41, 5.74) is 4.03. The molecule has 4 heteroatoms. The summed E-state index contributed by atoms with van der Waals surface area (Å²) in [6.45, 7) is 1.99. The lowest BCUT2D eigenvalue weighted by atomic mass is 10.0. The van der Waals surface area contributed by atoms with Crippen LogP contribution in [0.4, 0.5) is 5.69 Å². The van der Waals surface area contributed by atoms with Crippen LogP contribution in [0.1, 0.15) is 16.7 Å². The van der Waals surface area contributed by atoms with Gasteiger partial charge in [0.05, 0.1) is 0 Å². The van der Waals surface area contributed by atoms with Crippen LogP contribution < -0.4 is 5.32 Å². The molecule has 1 amide bonds. The van der Waals surface area contributed by atoms with Crippen molar-refractivity contribution in [3.8, 4) is 0 Å². The summed E-state index contributed by atoms with van der Waals surface area (Å²) in [5.74, 6) is -0.137. The van der Waals surface area contributed by atoms with Crippen LogP contribution in [0.5, 0.6) is 0 Å². The Hall–Kier alpha value is -1.77. The average molecular weight is 304 g/mol. The minimum atomic E-state index is -0.137. The van der Waals surface area contributed by atoms with Gasteiger partial charge in [-0.25, -0.2) is 0 Å². The Bertz CT molecular complexity index is 730. The van der Waals surface area contributed by atoms with E-state index in [9.17, 15) is 4.79 Å². The van der Waals surface area contributed by atoms with Gasteiger partial charge in [0.2, 0.25) is 0 Å². The Balaban J connectivity index is 2.18. The molecule has 1 heterocycles. The maximum absolute atomic E-state index is 12.1. The van der Waals surface area contributed by atoms with Gasteiger partial charge in [0.15, 0.2) is 0 Å². The summed E-state index contributed by atoms with van der Waals surface area (Å²) in [6, 6.07) is 11.1. The summed E-state index contributed by atoms with van der Waals surface area (Å²) in [4.78, 5) is 12.1. The zero-order valence-electron chi connectivity index (χ0n) is 10.7. The Labute approximate surface area is 127 Å². The van der Waals surface area contributed by atoms with Crippen LogP contribution in [0.15, 0.2) is 36.4 Å². The molecule has 0 saturated heterocycles. The predicted molar refractivity (Wildman–Crippen MR) is 84.1 cm³/mol. The molecule has 2 nitrogen and oxygen atoms in total. The molecule has 0 atom stereocenters. The number of amides is 1.